The number of carbonyl (C=O) groups excluding carboxylic acids is 2. The molecule has 3 aliphatic rings. The number of ether oxygens (including phenoxy) is 4. The van der Waals surface area contributed by atoms with Gasteiger partial charge in [0.15, 0.2) is 0 Å². The Morgan fingerprint density at radius 1 is 0.914 bits per heavy atom. The molecule has 7 nitrogen and oxygen atoms in total. The molecule has 2 aromatic rings. The van der Waals surface area contributed by atoms with Crippen molar-refractivity contribution in [2.75, 3.05) is 46.8 Å². The van der Waals surface area contributed by atoms with Gasteiger partial charge in [-0.2, -0.15) is 0 Å². The van der Waals surface area contributed by atoms with Crippen LogP contribution < -0.4 is 0 Å². The van der Waals surface area contributed by atoms with E-state index in [9.17, 15) is 9.59 Å². The number of hydrogen-bond acceptors (Lipinski definition) is 6. The number of amides is 1. The Morgan fingerprint density at radius 2 is 1.54 bits per heavy atom. The Hall–Kier alpha value is -2.74. The third-order valence-electron chi connectivity index (χ3n) is 7.45. The number of Topliss-reactive ketones (excluding diaryl/α,β-unsaturated/α-hetero) is 1. The first-order chi connectivity index (χ1) is 17.2. The van der Waals surface area contributed by atoms with E-state index in [0.717, 1.165) is 0 Å². The highest BCUT2D eigenvalue weighted by molar-refractivity contribution is 5.82. The first kappa shape index (κ1) is 24.0. The van der Waals surface area contributed by atoms with E-state index in [1.54, 1.807) is 7.11 Å². The van der Waals surface area contributed by atoms with Crippen molar-refractivity contribution in [1.82, 2.24) is 4.90 Å². The molecule has 35 heavy (non-hydrogen) atoms. The second-order valence-corrected chi connectivity index (χ2v) is 9.55. The van der Waals surface area contributed by atoms with Gasteiger partial charge in [0.25, 0.3) is 0 Å². The normalized spacial score (nSPS) is 23.0. The van der Waals surface area contributed by atoms with E-state index in [1.807, 2.05) is 29.2 Å². The Labute approximate surface area is 206 Å². The monoisotopic (exact) mass is 479 g/mol. The SMILES string of the molecule is COCCOCCC(=O)C1CC2COCC(C1)N2C(=O)OCC1c2ccccc2-c2ccccc21. The van der Waals surface area contributed by atoms with Gasteiger partial charge in [-0.3, -0.25) is 9.69 Å². The largest absolute Gasteiger partial charge is 0.448 e. The van der Waals surface area contributed by atoms with E-state index in [-0.39, 0.29) is 35.8 Å². The fourth-order valence-electron chi connectivity index (χ4n) is 5.77. The lowest BCUT2D eigenvalue weighted by Gasteiger charge is -2.47. The summed E-state index contributed by atoms with van der Waals surface area (Å²) >= 11 is 0. The number of nitrogens with zero attached hydrogens (tertiary/aromatic N) is 1. The lowest BCUT2D eigenvalue weighted by Crippen LogP contribution is -2.60. The van der Waals surface area contributed by atoms with E-state index in [1.165, 1.54) is 22.3 Å². The van der Waals surface area contributed by atoms with Crippen LogP contribution in [-0.2, 0) is 23.7 Å². The predicted octanol–water partition coefficient (Wildman–Crippen LogP) is 4.04. The molecule has 7 heteroatoms. The quantitative estimate of drug-likeness (QED) is 0.506. The van der Waals surface area contributed by atoms with Crippen molar-refractivity contribution in [2.45, 2.75) is 37.3 Å². The van der Waals surface area contributed by atoms with Gasteiger partial charge in [0.1, 0.15) is 12.4 Å². The smallest absolute Gasteiger partial charge is 0.410 e. The van der Waals surface area contributed by atoms with Gasteiger partial charge in [0.2, 0.25) is 0 Å². The van der Waals surface area contributed by atoms with Crippen LogP contribution in [0.15, 0.2) is 48.5 Å². The van der Waals surface area contributed by atoms with Crippen molar-refractivity contribution in [3.05, 3.63) is 59.7 Å². The zero-order chi connectivity index (χ0) is 24.2. The van der Waals surface area contributed by atoms with Crippen molar-refractivity contribution in [2.24, 2.45) is 5.92 Å². The minimum absolute atomic E-state index is 0.0275. The maximum atomic E-state index is 13.3. The third kappa shape index (κ3) is 4.99. The number of carbonyl (C=O) groups is 2. The minimum atomic E-state index is -0.307. The molecule has 2 unspecified atom stereocenters. The van der Waals surface area contributed by atoms with Crippen LogP contribution in [0.1, 0.15) is 36.3 Å². The molecule has 0 radical (unpaired) electrons. The maximum Gasteiger partial charge on any atom is 0.410 e. The summed E-state index contributed by atoms with van der Waals surface area (Å²) in [4.78, 5) is 27.9. The number of methoxy groups -OCH3 is 1. The summed E-state index contributed by atoms with van der Waals surface area (Å²) < 4.78 is 22.1. The Kier molecular flexibility index (Phi) is 7.46. The average molecular weight is 480 g/mol. The van der Waals surface area contributed by atoms with Crippen molar-refractivity contribution in [3.63, 3.8) is 0 Å². The lowest BCUT2D eigenvalue weighted by molar-refractivity contribution is -0.132. The highest BCUT2D eigenvalue weighted by Gasteiger charge is 2.44. The fourth-order valence-corrected chi connectivity index (χ4v) is 5.77. The molecule has 0 spiro atoms. The van der Waals surface area contributed by atoms with Crippen LogP contribution in [0.5, 0.6) is 0 Å². The molecule has 2 fully saturated rings. The molecule has 5 rings (SSSR count). The average Bonchev–Trinajstić information content (AvgIpc) is 3.20. The molecule has 2 bridgehead atoms. The number of rotatable bonds is 9. The van der Waals surface area contributed by atoms with Crippen LogP contribution in [0, 0.1) is 5.92 Å². The van der Waals surface area contributed by atoms with E-state index in [2.05, 4.69) is 24.3 Å². The van der Waals surface area contributed by atoms with Gasteiger partial charge >= 0.3 is 6.09 Å². The standard InChI is InChI=1S/C28H33NO6/c1-32-12-13-33-11-10-27(30)19-14-20-16-34-17-21(15-19)29(20)28(31)35-18-26-24-8-4-2-6-22(24)23-7-3-5-9-25(23)26/h2-9,19-21,26H,10-18H2,1H3. The molecule has 1 aliphatic carbocycles. The molecule has 0 aromatic heterocycles. The highest BCUT2D eigenvalue weighted by Crippen LogP contribution is 2.44. The minimum Gasteiger partial charge on any atom is -0.448 e. The van der Waals surface area contributed by atoms with Gasteiger partial charge < -0.3 is 18.9 Å². The van der Waals surface area contributed by atoms with Crippen LogP contribution in [0.3, 0.4) is 0 Å². The van der Waals surface area contributed by atoms with Crippen LogP contribution in [0.2, 0.25) is 0 Å². The lowest BCUT2D eigenvalue weighted by atomic mass is 9.82. The number of ketones is 1. The Morgan fingerprint density at radius 3 is 2.17 bits per heavy atom. The molecule has 2 aliphatic heterocycles. The topological polar surface area (TPSA) is 74.3 Å². The van der Waals surface area contributed by atoms with Crippen LogP contribution >= 0.6 is 0 Å². The van der Waals surface area contributed by atoms with Gasteiger partial charge in [0, 0.05) is 25.4 Å². The van der Waals surface area contributed by atoms with Gasteiger partial charge in [-0.25, -0.2) is 4.79 Å². The van der Waals surface area contributed by atoms with E-state index >= 15 is 0 Å². The second kappa shape index (κ2) is 10.9. The maximum absolute atomic E-state index is 13.3. The number of hydrogen-bond donors (Lipinski definition) is 0. The summed E-state index contributed by atoms with van der Waals surface area (Å²) in [5, 5.41) is 0. The summed E-state index contributed by atoms with van der Waals surface area (Å²) in [5.41, 5.74) is 4.81. The van der Waals surface area contributed by atoms with Crippen molar-refractivity contribution < 1.29 is 28.5 Å². The van der Waals surface area contributed by atoms with Crippen molar-refractivity contribution in [3.8, 4) is 11.1 Å². The van der Waals surface area contributed by atoms with E-state index < -0.39 is 0 Å². The molecule has 2 saturated heterocycles. The van der Waals surface area contributed by atoms with E-state index in [0.29, 0.717) is 58.9 Å². The molecule has 0 N–H and O–H groups in total. The third-order valence-corrected chi connectivity index (χ3v) is 7.45. The molecular formula is C28H33NO6. The zero-order valence-corrected chi connectivity index (χ0v) is 20.2. The van der Waals surface area contributed by atoms with Crippen LogP contribution in [0.4, 0.5) is 4.79 Å². The Balaban J connectivity index is 1.20. The van der Waals surface area contributed by atoms with Crippen LogP contribution in [-0.4, -0.2) is 75.6 Å². The zero-order valence-electron chi connectivity index (χ0n) is 20.2. The summed E-state index contributed by atoms with van der Waals surface area (Å²) in [6.45, 7) is 2.59. The second-order valence-electron chi connectivity index (χ2n) is 9.55. The summed E-state index contributed by atoms with van der Waals surface area (Å²) in [6.07, 6.45) is 1.30. The van der Waals surface area contributed by atoms with Crippen LogP contribution in [0.25, 0.3) is 11.1 Å². The molecule has 2 aromatic carbocycles. The molecule has 1 amide bonds. The van der Waals surface area contributed by atoms with Gasteiger partial charge in [-0.15, -0.1) is 0 Å². The number of fused-ring (bicyclic) bond motifs is 5. The molecule has 186 valence electrons. The van der Waals surface area contributed by atoms with Crippen molar-refractivity contribution >= 4 is 11.9 Å². The predicted molar refractivity (Wildman–Crippen MR) is 130 cm³/mol. The first-order valence-corrected chi connectivity index (χ1v) is 12.5. The molecule has 0 saturated carbocycles. The molecular weight excluding hydrogens is 446 g/mol. The van der Waals surface area contributed by atoms with Gasteiger partial charge in [-0.05, 0) is 35.1 Å². The summed E-state index contributed by atoms with van der Waals surface area (Å²) in [7, 11) is 1.62. The van der Waals surface area contributed by atoms with Gasteiger partial charge in [0.05, 0.1) is 45.1 Å². The fraction of sp³-hybridized carbons (Fsp3) is 0.500. The number of morpholine rings is 1. The van der Waals surface area contributed by atoms with Crippen molar-refractivity contribution in [1.29, 1.82) is 0 Å². The Bertz CT molecular complexity index is 996. The van der Waals surface area contributed by atoms with Gasteiger partial charge in [-0.1, -0.05) is 48.5 Å². The molecule has 2 atom stereocenters. The first-order valence-electron chi connectivity index (χ1n) is 12.5. The summed E-state index contributed by atoms with van der Waals surface area (Å²) in [5.74, 6) is 0.156. The molecule has 2 heterocycles. The highest BCUT2D eigenvalue weighted by atomic mass is 16.6. The number of benzene rings is 2. The van der Waals surface area contributed by atoms with E-state index in [4.69, 9.17) is 18.9 Å². The summed E-state index contributed by atoms with van der Waals surface area (Å²) in [6, 6.07) is 16.4. The number of piperidine rings is 1.